The van der Waals surface area contributed by atoms with Gasteiger partial charge < -0.3 is 10.1 Å². The summed E-state index contributed by atoms with van der Waals surface area (Å²) in [5.74, 6) is -0.414. The molecule has 5 rings (SSSR count). The molecule has 2 aliphatic rings. The Morgan fingerprint density at radius 1 is 1.16 bits per heavy atom. The zero-order chi connectivity index (χ0) is 25.9. The van der Waals surface area contributed by atoms with Crippen molar-refractivity contribution in [3.05, 3.63) is 94.8 Å². The zero-order valence-electron chi connectivity index (χ0n) is 19.7. The van der Waals surface area contributed by atoms with Crippen molar-refractivity contribution in [3.8, 4) is 5.75 Å². The average Bonchev–Trinajstić information content (AvgIpc) is 3.48. The molecule has 2 aliphatic heterocycles. The minimum atomic E-state index is -0.675. The Morgan fingerprint density at radius 2 is 1.95 bits per heavy atom. The quantitative estimate of drug-likeness (QED) is 0.439. The number of thioether (sulfide) groups is 1. The maximum atomic E-state index is 13.5. The minimum Gasteiger partial charge on any atom is -0.497 e. The number of amidine groups is 1. The third-order valence-corrected chi connectivity index (χ3v) is 7.35. The van der Waals surface area contributed by atoms with Gasteiger partial charge in [-0.25, -0.2) is 9.40 Å². The molecule has 2 atom stereocenters. The summed E-state index contributed by atoms with van der Waals surface area (Å²) < 4.78 is 18.7. The summed E-state index contributed by atoms with van der Waals surface area (Å²) in [6, 6.07) is 20.3. The number of hydrazone groups is 1. The predicted molar refractivity (Wildman–Crippen MR) is 144 cm³/mol. The molecule has 10 heteroatoms. The van der Waals surface area contributed by atoms with Crippen molar-refractivity contribution in [2.75, 3.05) is 12.4 Å². The van der Waals surface area contributed by atoms with Crippen LogP contribution in [-0.2, 0) is 9.59 Å². The van der Waals surface area contributed by atoms with Crippen LogP contribution in [0.3, 0.4) is 0 Å². The number of benzene rings is 3. The average molecular weight is 537 g/mol. The highest BCUT2D eigenvalue weighted by molar-refractivity contribution is 8.15. The van der Waals surface area contributed by atoms with Crippen molar-refractivity contribution in [2.24, 2.45) is 10.1 Å². The van der Waals surface area contributed by atoms with E-state index in [1.54, 1.807) is 54.6 Å². The topological polar surface area (TPSA) is 83.4 Å². The van der Waals surface area contributed by atoms with Crippen LogP contribution < -0.4 is 10.1 Å². The van der Waals surface area contributed by atoms with Gasteiger partial charge in [0.15, 0.2) is 5.17 Å². The molecule has 188 valence electrons. The Labute approximate surface area is 222 Å². The Morgan fingerprint density at radius 3 is 2.70 bits per heavy atom. The highest BCUT2D eigenvalue weighted by atomic mass is 35.5. The van der Waals surface area contributed by atoms with Crippen LogP contribution in [0.25, 0.3) is 0 Å². The Hall–Kier alpha value is -3.69. The summed E-state index contributed by atoms with van der Waals surface area (Å²) in [4.78, 5) is 29.7. The molecule has 2 unspecified atom stereocenters. The third kappa shape index (κ3) is 5.68. The standard InChI is InChI=1S/C27H22ClFN4O3S/c1-36-21-7-3-6-20(13-21)30-25(34)15-24-26(35)31-27(37-24)33-23(17-4-2-5-18(28)12-17)14-22(32-33)16-8-10-19(29)11-9-16/h2-13,23-24H,14-15H2,1H3,(H,30,34). The first kappa shape index (κ1) is 25.0. The molecule has 0 spiro atoms. The van der Waals surface area contributed by atoms with Gasteiger partial charge in [-0.2, -0.15) is 10.1 Å². The van der Waals surface area contributed by atoms with Gasteiger partial charge in [-0.15, -0.1) is 0 Å². The largest absolute Gasteiger partial charge is 0.497 e. The van der Waals surface area contributed by atoms with Crippen LogP contribution in [0.1, 0.15) is 30.0 Å². The molecule has 0 aromatic heterocycles. The number of aliphatic imine (C=N–C) groups is 1. The lowest BCUT2D eigenvalue weighted by atomic mass is 9.98. The summed E-state index contributed by atoms with van der Waals surface area (Å²) in [5, 5.41) is 9.57. The van der Waals surface area contributed by atoms with Crippen LogP contribution in [0.4, 0.5) is 10.1 Å². The van der Waals surface area contributed by atoms with Crippen LogP contribution in [0.5, 0.6) is 5.75 Å². The number of ether oxygens (including phenoxy) is 1. The van der Waals surface area contributed by atoms with Gasteiger partial charge in [-0.1, -0.05) is 53.7 Å². The first-order valence-electron chi connectivity index (χ1n) is 11.5. The van der Waals surface area contributed by atoms with Crippen molar-refractivity contribution in [1.82, 2.24) is 5.01 Å². The number of carbonyl (C=O) groups is 2. The van der Waals surface area contributed by atoms with Crippen molar-refractivity contribution in [1.29, 1.82) is 0 Å². The molecule has 2 amide bonds. The van der Waals surface area contributed by atoms with E-state index in [0.29, 0.717) is 28.0 Å². The van der Waals surface area contributed by atoms with Crippen LogP contribution in [0.2, 0.25) is 5.02 Å². The minimum absolute atomic E-state index is 0.0437. The molecule has 1 N–H and O–H groups in total. The van der Waals surface area contributed by atoms with Gasteiger partial charge in [-0.05, 0) is 47.5 Å². The van der Waals surface area contributed by atoms with Gasteiger partial charge in [0.1, 0.15) is 16.8 Å². The molecule has 0 radical (unpaired) electrons. The van der Waals surface area contributed by atoms with Gasteiger partial charge in [0.25, 0.3) is 5.91 Å². The number of amides is 2. The number of hydrogen-bond acceptors (Lipinski definition) is 6. The molecular formula is C27H22ClFN4O3S. The molecular weight excluding hydrogens is 515 g/mol. The maximum absolute atomic E-state index is 13.5. The molecule has 37 heavy (non-hydrogen) atoms. The number of halogens is 2. The summed E-state index contributed by atoms with van der Waals surface area (Å²) in [6.45, 7) is 0. The summed E-state index contributed by atoms with van der Waals surface area (Å²) in [5.41, 5.74) is 3.00. The van der Waals surface area contributed by atoms with E-state index < -0.39 is 11.2 Å². The van der Waals surface area contributed by atoms with E-state index in [0.717, 1.165) is 16.8 Å². The van der Waals surface area contributed by atoms with E-state index in [4.69, 9.17) is 21.4 Å². The summed E-state index contributed by atoms with van der Waals surface area (Å²) >= 11 is 7.46. The number of nitrogens with zero attached hydrogens (tertiary/aromatic N) is 3. The van der Waals surface area contributed by atoms with Gasteiger partial charge in [0, 0.05) is 29.6 Å². The lowest BCUT2D eigenvalue weighted by Crippen LogP contribution is -2.25. The van der Waals surface area contributed by atoms with Crippen LogP contribution >= 0.6 is 23.4 Å². The van der Waals surface area contributed by atoms with E-state index >= 15 is 0 Å². The number of anilines is 1. The zero-order valence-corrected chi connectivity index (χ0v) is 21.3. The molecule has 0 aliphatic carbocycles. The summed E-state index contributed by atoms with van der Waals surface area (Å²) in [7, 11) is 1.55. The third-order valence-electron chi connectivity index (χ3n) is 5.97. The predicted octanol–water partition coefficient (Wildman–Crippen LogP) is 5.67. The van der Waals surface area contributed by atoms with Gasteiger partial charge in [-0.3, -0.25) is 9.59 Å². The van der Waals surface area contributed by atoms with Crippen LogP contribution in [0.15, 0.2) is 82.9 Å². The van der Waals surface area contributed by atoms with Gasteiger partial charge in [0.05, 0.1) is 18.9 Å². The number of nitrogens with one attached hydrogen (secondary N) is 1. The molecule has 0 saturated carbocycles. The van der Waals surface area contributed by atoms with E-state index in [1.165, 1.54) is 23.9 Å². The second kappa shape index (κ2) is 10.7. The van der Waals surface area contributed by atoms with Crippen molar-refractivity contribution >= 4 is 51.7 Å². The highest BCUT2D eigenvalue weighted by Gasteiger charge is 2.39. The monoisotopic (exact) mass is 536 g/mol. The Bertz CT molecular complexity index is 1410. The summed E-state index contributed by atoms with van der Waals surface area (Å²) in [6.07, 6.45) is 0.471. The fourth-order valence-corrected chi connectivity index (χ4v) is 5.42. The van der Waals surface area contributed by atoms with E-state index in [-0.39, 0.29) is 24.2 Å². The molecule has 3 aromatic rings. The van der Waals surface area contributed by atoms with Crippen molar-refractivity contribution in [2.45, 2.75) is 24.1 Å². The lowest BCUT2D eigenvalue weighted by Gasteiger charge is -2.23. The second-order valence-corrected chi connectivity index (χ2v) is 10.1. The number of carbonyl (C=O) groups excluding carboxylic acids is 2. The Kier molecular flexibility index (Phi) is 7.25. The molecule has 0 bridgehead atoms. The SMILES string of the molecule is COc1cccc(NC(=O)CC2SC(N3N=C(c4ccc(F)cc4)CC3c3cccc(Cl)c3)=NC2=O)c1. The maximum Gasteiger partial charge on any atom is 0.262 e. The lowest BCUT2D eigenvalue weighted by molar-refractivity contribution is -0.121. The normalized spacial score (nSPS) is 19.0. The first-order chi connectivity index (χ1) is 17.9. The number of hydrogen-bond donors (Lipinski definition) is 1. The Balaban J connectivity index is 1.34. The van der Waals surface area contributed by atoms with Crippen LogP contribution in [-0.4, -0.2) is 40.1 Å². The molecule has 2 heterocycles. The van der Waals surface area contributed by atoms with E-state index in [1.807, 2.05) is 18.2 Å². The highest BCUT2D eigenvalue weighted by Crippen LogP contribution is 2.39. The van der Waals surface area contributed by atoms with Gasteiger partial charge in [0.2, 0.25) is 5.91 Å². The number of methoxy groups -OCH3 is 1. The molecule has 3 aromatic carbocycles. The molecule has 7 nitrogen and oxygen atoms in total. The van der Waals surface area contributed by atoms with Gasteiger partial charge >= 0.3 is 0 Å². The second-order valence-electron chi connectivity index (χ2n) is 8.50. The fraction of sp³-hybridized carbons (Fsp3) is 0.185. The van der Waals surface area contributed by atoms with Crippen molar-refractivity contribution in [3.63, 3.8) is 0 Å². The van der Waals surface area contributed by atoms with E-state index in [2.05, 4.69) is 10.3 Å². The smallest absolute Gasteiger partial charge is 0.262 e. The van der Waals surface area contributed by atoms with E-state index in [9.17, 15) is 14.0 Å². The molecule has 0 saturated heterocycles. The fourth-order valence-electron chi connectivity index (χ4n) is 4.16. The van der Waals surface area contributed by atoms with Crippen molar-refractivity contribution < 1.29 is 18.7 Å². The first-order valence-corrected chi connectivity index (χ1v) is 12.8. The number of rotatable bonds is 6. The van der Waals surface area contributed by atoms with Crippen LogP contribution in [0, 0.1) is 5.82 Å². The molecule has 0 fully saturated rings.